The van der Waals surface area contributed by atoms with Crippen LogP contribution in [0.15, 0.2) is 18.2 Å². The highest BCUT2D eigenvalue weighted by atomic mass is 16.5. The van der Waals surface area contributed by atoms with Crippen LogP contribution in [-0.4, -0.2) is 33.4 Å². The van der Waals surface area contributed by atoms with Crippen LogP contribution < -0.4 is 15.4 Å². The fraction of sp³-hybridized carbons (Fsp3) is 0.571. The van der Waals surface area contributed by atoms with Gasteiger partial charge in [-0.3, -0.25) is 0 Å². The minimum absolute atomic E-state index is 0.0385. The standard InChI is InChI=1S/C14H20N2O2/c1-16-12-4-3-9(17-2)7-10(12)14(15)11-8-18-6-5-13(11)16/h3-4,7,11,13-14H,5-6,8,15H2,1-2H3. The van der Waals surface area contributed by atoms with Gasteiger partial charge < -0.3 is 20.1 Å². The van der Waals surface area contributed by atoms with E-state index >= 15 is 0 Å². The molecule has 3 rings (SSSR count). The second-order valence-corrected chi connectivity index (χ2v) is 5.16. The Balaban J connectivity index is 2.04. The molecule has 0 radical (unpaired) electrons. The molecule has 18 heavy (non-hydrogen) atoms. The Morgan fingerprint density at radius 1 is 1.44 bits per heavy atom. The number of rotatable bonds is 1. The first kappa shape index (κ1) is 11.8. The molecule has 0 aromatic heterocycles. The van der Waals surface area contributed by atoms with Crippen molar-refractivity contribution in [1.29, 1.82) is 0 Å². The third kappa shape index (κ3) is 1.68. The Kier molecular flexibility index (Phi) is 2.92. The van der Waals surface area contributed by atoms with Gasteiger partial charge in [-0.2, -0.15) is 0 Å². The zero-order valence-corrected chi connectivity index (χ0v) is 10.9. The summed E-state index contributed by atoms with van der Waals surface area (Å²) in [6, 6.07) is 6.70. The lowest BCUT2D eigenvalue weighted by Crippen LogP contribution is -2.51. The molecule has 4 heteroatoms. The monoisotopic (exact) mass is 248 g/mol. The Morgan fingerprint density at radius 3 is 3.06 bits per heavy atom. The van der Waals surface area contributed by atoms with Gasteiger partial charge in [-0.15, -0.1) is 0 Å². The third-order valence-corrected chi connectivity index (χ3v) is 4.30. The van der Waals surface area contributed by atoms with Gasteiger partial charge in [-0.05, 0) is 30.2 Å². The fourth-order valence-electron chi connectivity index (χ4n) is 3.23. The second-order valence-electron chi connectivity index (χ2n) is 5.16. The predicted octanol–water partition coefficient (Wildman–Crippen LogP) is 1.55. The van der Waals surface area contributed by atoms with Crippen molar-refractivity contribution in [3.8, 4) is 5.75 Å². The van der Waals surface area contributed by atoms with Crippen LogP contribution in [0, 0.1) is 5.92 Å². The molecule has 0 spiro atoms. The number of nitrogens with zero attached hydrogens (tertiary/aromatic N) is 1. The van der Waals surface area contributed by atoms with Crippen LogP contribution in [0.4, 0.5) is 5.69 Å². The molecule has 1 aromatic carbocycles. The summed E-state index contributed by atoms with van der Waals surface area (Å²) < 4.78 is 10.9. The summed E-state index contributed by atoms with van der Waals surface area (Å²) in [7, 11) is 3.84. The van der Waals surface area contributed by atoms with E-state index in [4.69, 9.17) is 15.2 Å². The van der Waals surface area contributed by atoms with Gasteiger partial charge in [0.2, 0.25) is 0 Å². The predicted molar refractivity (Wildman–Crippen MR) is 71.0 cm³/mol. The van der Waals surface area contributed by atoms with Gasteiger partial charge >= 0.3 is 0 Å². The van der Waals surface area contributed by atoms with E-state index in [2.05, 4.69) is 24.1 Å². The first-order valence-electron chi connectivity index (χ1n) is 6.46. The fourth-order valence-corrected chi connectivity index (χ4v) is 3.23. The minimum atomic E-state index is 0.0385. The first-order valence-corrected chi connectivity index (χ1v) is 6.46. The van der Waals surface area contributed by atoms with Gasteiger partial charge in [-0.1, -0.05) is 0 Å². The molecule has 3 atom stereocenters. The minimum Gasteiger partial charge on any atom is -0.497 e. The van der Waals surface area contributed by atoms with E-state index in [-0.39, 0.29) is 6.04 Å². The normalized spacial score (nSPS) is 30.6. The van der Waals surface area contributed by atoms with E-state index in [9.17, 15) is 0 Å². The number of hydrogen-bond donors (Lipinski definition) is 1. The van der Waals surface area contributed by atoms with Crippen molar-refractivity contribution in [1.82, 2.24) is 0 Å². The zero-order chi connectivity index (χ0) is 12.7. The number of ether oxygens (including phenoxy) is 2. The molecule has 2 N–H and O–H groups in total. The second kappa shape index (κ2) is 4.44. The van der Waals surface area contributed by atoms with Crippen LogP contribution in [0.1, 0.15) is 18.0 Å². The van der Waals surface area contributed by atoms with Crippen molar-refractivity contribution in [3.63, 3.8) is 0 Å². The summed E-state index contributed by atoms with van der Waals surface area (Å²) in [6.07, 6.45) is 1.06. The number of benzene rings is 1. The highest BCUT2D eigenvalue weighted by Crippen LogP contribution is 2.42. The molecule has 2 heterocycles. The van der Waals surface area contributed by atoms with Crippen molar-refractivity contribution in [3.05, 3.63) is 23.8 Å². The SMILES string of the molecule is COc1ccc2c(c1)C(N)C1COCCC1N2C. The maximum atomic E-state index is 6.42. The van der Waals surface area contributed by atoms with Crippen LogP contribution in [0.2, 0.25) is 0 Å². The zero-order valence-electron chi connectivity index (χ0n) is 10.9. The van der Waals surface area contributed by atoms with Gasteiger partial charge in [0.05, 0.1) is 13.7 Å². The molecule has 1 fully saturated rings. The molecule has 98 valence electrons. The molecular weight excluding hydrogens is 228 g/mol. The molecule has 1 aromatic rings. The van der Waals surface area contributed by atoms with Crippen molar-refractivity contribution >= 4 is 5.69 Å². The molecule has 4 nitrogen and oxygen atoms in total. The molecule has 0 amide bonds. The number of nitrogens with two attached hydrogens (primary N) is 1. The molecular formula is C14H20N2O2. The van der Waals surface area contributed by atoms with Crippen LogP contribution >= 0.6 is 0 Å². The molecule has 0 saturated carbocycles. The Labute approximate surface area is 108 Å². The Morgan fingerprint density at radius 2 is 2.28 bits per heavy atom. The lowest BCUT2D eigenvalue weighted by atomic mass is 9.80. The number of anilines is 1. The van der Waals surface area contributed by atoms with Crippen molar-refractivity contribution in [2.24, 2.45) is 11.7 Å². The van der Waals surface area contributed by atoms with E-state index < -0.39 is 0 Å². The van der Waals surface area contributed by atoms with E-state index in [1.807, 2.05) is 6.07 Å². The van der Waals surface area contributed by atoms with Gasteiger partial charge in [0.15, 0.2) is 0 Å². The summed E-state index contributed by atoms with van der Waals surface area (Å²) in [6.45, 7) is 1.59. The highest BCUT2D eigenvalue weighted by molar-refractivity contribution is 5.60. The quantitative estimate of drug-likeness (QED) is 0.819. The summed E-state index contributed by atoms with van der Waals surface area (Å²) in [4.78, 5) is 2.35. The molecule has 2 aliphatic heterocycles. The average molecular weight is 248 g/mol. The van der Waals surface area contributed by atoms with Gasteiger partial charge in [0.25, 0.3) is 0 Å². The van der Waals surface area contributed by atoms with Gasteiger partial charge in [0, 0.05) is 37.3 Å². The van der Waals surface area contributed by atoms with Crippen LogP contribution in [0.3, 0.4) is 0 Å². The Hall–Kier alpha value is -1.26. The van der Waals surface area contributed by atoms with E-state index in [0.29, 0.717) is 12.0 Å². The number of hydrogen-bond acceptors (Lipinski definition) is 4. The van der Waals surface area contributed by atoms with Crippen LogP contribution in [0.25, 0.3) is 0 Å². The van der Waals surface area contributed by atoms with Crippen LogP contribution in [0.5, 0.6) is 5.75 Å². The largest absolute Gasteiger partial charge is 0.497 e. The topological polar surface area (TPSA) is 47.7 Å². The number of fused-ring (bicyclic) bond motifs is 2. The molecule has 0 aliphatic carbocycles. The lowest BCUT2D eigenvalue weighted by Gasteiger charge is -2.47. The summed E-state index contributed by atoms with van der Waals surface area (Å²) in [5.41, 5.74) is 8.82. The van der Waals surface area contributed by atoms with Gasteiger partial charge in [0.1, 0.15) is 5.75 Å². The summed E-state index contributed by atoms with van der Waals surface area (Å²) in [5.74, 6) is 1.25. The van der Waals surface area contributed by atoms with Crippen molar-refractivity contribution in [2.45, 2.75) is 18.5 Å². The molecule has 2 aliphatic rings. The van der Waals surface area contributed by atoms with Crippen molar-refractivity contribution in [2.75, 3.05) is 32.3 Å². The molecule has 0 bridgehead atoms. The summed E-state index contributed by atoms with van der Waals surface area (Å²) in [5, 5.41) is 0. The smallest absolute Gasteiger partial charge is 0.119 e. The van der Waals surface area contributed by atoms with Gasteiger partial charge in [-0.25, -0.2) is 0 Å². The van der Waals surface area contributed by atoms with Crippen molar-refractivity contribution < 1.29 is 9.47 Å². The Bertz CT molecular complexity index is 449. The molecule has 1 saturated heterocycles. The molecule has 3 unspecified atom stereocenters. The highest BCUT2D eigenvalue weighted by Gasteiger charge is 2.39. The third-order valence-electron chi connectivity index (χ3n) is 4.30. The average Bonchev–Trinajstić information content (AvgIpc) is 2.44. The van der Waals surface area contributed by atoms with E-state index in [1.54, 1.807) is 7.11 Å². The maximum absolute atomic E-state index is 6.42. The number of methoxy groups -OCH3 is 1. The first-order chi connectivity index (χ1) is 8.72. The van der Waals surface area contributed by atoms with E-state index in [0.717, 1.165) is 25.4 Å². The maximum Gasteiger partial charge on any atom is 0.119 e. The van der Waals surface area contributed by atoms with E-state index in [1.165, 1.54) is 11.3 Å². The lowest BCUT2D eigenvalue weighted by molar-refractivity contribution is 0.0272. The summed E-state index contributed by atoms with van der Waals surface area (Å²) >= 11 is 0. The van der Waals surface area contributed by atoms with Crippen LogP contribution in [-0.2, 0) is 4.74 Å².